The number of aryl methyl sites for hydroxylation is 1. The molecule has 0 spiro atoms. The normalized spacial score (nSPS) is 11.0. The topological polar surface area (TPSA) is 72.8 Å². The first kappa shape index (κ1) is 23.6. The fraction of sp³-hybridized carbons (Fsp3) is 0.182. The summed E-state index contributed by atoms with van der Waals surface area (Å²) in [5.74, 6) is -1.69. The third kappa shape index (κ3) is 5.39. The molecule has 168 valence electrons. The summed E-state index contributed by atoms with van der Waals surface area (Å²) in [6, 6.07) is 11.2. The van der Waals surface area contributed by atoms with Crippen LogP contribution in [0.25, 0.3) is 5.69 Å². The molecule has 0 saturated carbocycles. The number of nitrogens with zero attached hydrogens (tertiary/aromatic N) is 2. The number of carbonyl (C=O) groups is 1. The number of halogens is 3. The van der Waals surface area contributed by atoms with Crippen LogP contribution in [0.15, 0.2) is 57.8 Å². The highest BCUT2D eigenvalue weighted by atomic mass is 79.9. The molecule has 0 saturated heterocycles. The van der Waals surface area contributed by atoms with Gasteiger partial charge in [0.05, 0.1) is 0 Å². The minimum Gasteiger partial charge on any atom is -0.487 e. The predicted octanol–water partition coefficient (Wildman–Crippen LogP) is 3.90. The van der Waals surface area contributed by atoms with Crippen molar-refractivity contribution in [3.8, 4) is 11.4 Å². The van der Waals surface area contributed by atoms with Crippen molar-refractivity contribution >= 4 is 21.8 Å². The van der Waals surface area contributed by atoms with E-state index in [1.54, 1.807) is 51.4 Å². The van der Waals surface area contributed by atoms with E-state index in [-0.39, 0.29) is 22.4 Å². The standard InChI is InChI=1S/C22H20BrF2N3O4/c1-13-9-19(31-12-15-7-8-16(24)11-18(15)25)20(23)22(30)28(13)17-6-4-5-14(10-17)21(29)26-32-27(2)3/h4-11H,12H2,1-3H3,(H,26,29). The highest BCUT2D eigenvalue weighted by molar-refractivity contribution is 9.10. The van der Waals surface area contributed by atoms with E-state index in [1.807, 2.05) is 0 Å². The number of aromatic nitrogens is 1. The number of nitrogens with one attached hydrogen (secondary N) is 1. The van der Waals surface area contributed by atoms with Gasteiger partial charge in [-0.3, -0.25) is 14.2 Å². The zero-order chi connectivity index (χ0) is 23.4. The lowest BCUT2D eigenvalue weighted by Gasteiger charge is -2.16. The van der Waals surface area contributed by atoms with Crippen molar-refractivity contribution in [2.45, 2.75) is 13.5 Å². The summed E-state index contributed by atoms with van der Waals surface area (Å²) in [5, 5.41) is 1.32. The molecule has 3 aromatic rings. The summed E-state index contributed by atoms with van der Waals surface area (Å²) < 4.78 is 34.1. The maximum atomic E-state index is 13.9. The summed E-state index contributed by atoms with van der Waals surface area (Å²) in [4.78, 5) is 30.2. The Kier molecular flexibility index (Phi) is 7.39. The molecule has 1 amide bonds. The van der Waals surface area contributed by atoms with Gasteiger partial charge in [0.15, 0.2) is 0 Å². The van der Waals surface area contributed by atoms with Crippen LogP contribution in [-0.4, -0.2) is 29.6 Å². The van der Waals surface area contributed by atoms with Gasteiger partial charge in [0.25, 0.3) is 11.5 Å². The van der Waals surface area contributed by atoms with Crippen LogP contribution in [0.1, 0.15) is 21.6 Å². The molecule has 2 aromatic carbocycles. The smallest absolute Gasteiger partial charge is 0.276 e. The molecular weight excluding hydrogens is 488 g/mol. The maximum Gasteiger partial charge on any atom is 0.276 e. The second kappa shape index (κ2) is 10.0. The molecule has 0 radical (unpaired) electrons. The fourth-order valence-electron chi connectivity index (χ4n) is 2.88. The van der Waals surface area contributed by atoms with Crippen LogP contribution in [0.4, 0.5) is 8.78 Å². The van der Waals surface area contributed by atoms with Gasteiger partial charge < -0.3 is 4.74 Å². The average molecular weight is 508 g/mol. The highest BCUT2D eigenvalue weighted by Crippen LogP contribution is 2.25. The van der Waals surface area contributed by atoms with Crippen molar-refractivity contribution in [3.63, 3.8) is 0 Å². The lowest BCUT2D eigenvalue weighted by molar-refractivity contribution is -0.161. The number of benzene rings is 2. The summed E-state index contributed by atoms with van der Waals surface area (Å²) in [6.45, 7) is 1.51. The predicted molar refractivity (Wildman–Crippen MR) is 117 cm³/mol. The van der Waals surface area contributed by atoms with Gasteiger partial charge in [-0.1, -0.05) is 6.07 Å². The molecule has 1 aromatic heterocycles. The van der Waals surface area contributed by atoms with E-state index in [1.165, 1.54) is 15.7 Å². The number of hydroxylamine groups is 3. The minimum absolute atomic E-state index is 0.122. The Morgan fingerprint density at radius 1 is 1.16 bits per heavy atom. The van der Waals surface area contributed by atoms with E-state index in [4.69, 9.17) is 9.68 Å². The number of carbonyl (C=O) groups excluding carboxylic acids is 1. The molecule has 3 rings (SSSR count). The van der Waals surface area contributed by atoms with Crippen molar-refractivity contribution in [2.75, 3.05) is 14.1 Å². The molecule has 0 aliphatic rings. The molecule has 32 heavy (non-hydrogen) atoms. The van der Waals surface area contributed by atoms with Gasteiger partial charge in [-0.05, 0) is 53.2 Å². The monoisotopic (exact) mass is 507 g/mol. The minimum atomic E-state index is -0.737. The van der Waals surface area contributed by atoms with E-state index in [9.17, 15) is 18.4 Å². The molecule has 0 bridgehead atoms. The number of rotatable bonds is 7. The van der Waals surface area contributed by atoms with Crippen LogP contribution in [0, 0.1) is 18.6 Å². The van der Waals surface area contributed by atoms with Crippen LogP contribution in [0.3, 0.4) is 0 Å². The number of hydrogen-bond acceptors (Lipinski definition) is 5. The van der Waals surface area contributed by atoms with Gasteiger partial charge >= 0.3 is 0 Å². The Balaban J connectivity index is 1.88. The summed E-state index contributed by atoms with van der Waals surface area (Å²) in [6.07, 6.45) is 0. The number of hydrogen-bond donors (Lipinski definition) is 1. The number of amides is 1. The molecule has 1 N–H and O–H groups in total. The second-order valence-electron chi connectivity index (χ2n) is 7.01. The first-order valence-corrected chi connectivity index (χ1v) is 10.2. The number of ether oxygens (including phenoxy) is 1. The van der Waals surface area contributed by atoms with Gasteiger partial charge in [0.1, 0.15) is 28.5 Å². The zero-order valence-corrected chi connectivity index (χ0v) is 19.1. The highest BCUT2D eigenvalue weighted by Gasteiger charge is 2.16. The zero-order valence-electron chi connectivity index (χ0n) is 17.5. The Morgan fingerprint density at radius 3 is 2.59 bits per heavy atom. The number of pyridine rings is 1. The molecule has 0 fully saturated rings. The molecule has 7 nitrogen and oxygen atoms in total. The van der Waals surface area contributed by atoms with Crippen LogP contribution in [0.2, 0.25) is 0 Å². The first-order chi connectivity index (χ1) is 15.2. The lowest BCUT2D eigenvalue weighted by atomic mass is 10.2. The molecule has 10 heteroatoms. The summed E-state index contributed by atoms with van der Waals surface area (Å²) in [5.41, 5.74) is 3.28. The van der Waals surface area contributed by atoms with Crippen molar-refractivity contribution in [1.29, 1.82) is 0 Å². The van der Waals surface area contributed by atoms with E-state index in [0.717, 1.165) is 12.1 Å². The van der Waals surface area contributed by atoms with Gasteiger partial charge in [-0.25, -0.2) is 14.3 Å². The van der Waals surface area contributed by atoms with E-state index >= 15 is 0 Å². The SMILES string of the molecule is Cc1cc(OCc2ccc(F)cc2F)c(Br)c(=O)n1-c1cccc(C(=O)NON(C)C)c1. The summed E-state index contributed by atoms with van der Waals surface area (Å²) >= 11 is 3.24. The van der Waals surface area contributed by atoms with Crippen LogP contribution >= 0.6 is 15.9 Å². The third-order valence-corrected chi connectivity index (χ3v) is 5.12. The Morgan fingerprint density at radius 2 is 1.91 bits per heavy atom. The van der Waals surface area contributed by atoms with Gasteiger partial charge in [0.2, 0.25) is 0 Å². The fourth-order valence-corrected chi connectivity index (χ4v) is 3.29. The Labute approximate surface area is 191 Å². The Bertz CT molecular complexity index is 1210. The summed E-state index contributed by atoms with van der Waals surface area (Å²) in [7, 11) is 3.23. The van der Waals surface area contributed by atoms with Crippen molar-refractivity contribution in [2.24, 2.45) is 0 Å². The molecule has 1 heterocycles. The molecule has 0 atom stereocenters. The van der Waals surface area contributed by atoms with Gasteiger partial charge in [0, 0.05) is 48.7 Å². The molecule has 0 unspecified atom stereocenters. The maximum absolute atomic E-state index is 13.9. The van der Waals surface area contributed by atoms with Crippen molar-refractivity contribution < 1.29 is 23.3 Å². The molecule has 0 aliphatic carbocycles. The van der Waals surface area contributed by atoms with Crippen LogP contribution < -0.4 is 15.8 Å². The quantitative estimate of drug-likeness (QED) is 0.491. The van der Waals surface area contributed by atoms with Crippen molar-refractivity contribution in [3.05, 3.63) is 91.8 Å². The van der Waals surface area contributed by atoms with Crippen molar-refractivity contribution in [1.82, 2.24) is 15.1 Å². The second-order valence-corrected chi connectivity index (χ2v) is 7.81. The van der Waals surface area contributed by atoms with E-state index < -0.39 is 23.1 Å². The third-order valence-electron chi connectivity index (χ3n) is 4.39. The average Bonchev–Trinajstić information content (AvgIpc) is 2.75. The van der Waals surface area contributed by atoms with E-state index in [0.29, 0.717) is 16.9 Å². The first-order valence-electron chi connectivity index (χ1n) is 9.41. The largest absolute Gasteiger partial charge is 0.487 e. The lowest BCUT2D eigenvalue weighted by Crippen LogP contribution is -2.30. The Hall–Kier alpha value is -3.08. The van der Waals surface area contributed by atoms with Gasteiger partial charge in [-0.2, -0.15) is 10.0 Å². The molecule has 0 aliphatic heterocycles. The van der Waals surface area contributed by atoms with Crippen LogP contribution in [-0.2, 0) is 11.5 Å². The van der Waals surface area contributed by atoms with Gasteiger partial charge in [-0.15, -0.1) is 0 Å². The van der Waals surface area contributed by atoms with E-state index in [2.05, 4.69) is 21.4 Å². The molecular formula is C22H20BrF2N3O4. The van der Waals surface area contributed by atoms with Crippen LogP contribution in [0.5, 0.6) is 5.75 Å².